The Morgan fingerprint density at radius 2 is 1.73 bits per heavy atom. The normalized spacial score (nSPS) is 16.6. The minimum atomic E-state index is -0.388. The minimum absolute atomic E-state index is 0.0179. The van der Waals surface area contributed by atoms with E-state index in [0.717, 1.165) is 12.1 Å². The summed E-state index contributed by atoms with van der Waals surface area (Å²) in [6.07, 6.45) is 1.13. The van der Waals surface area contributed by atoms with Gasteiger partial charge in [0.2, 0.25) is 11.8 Å². The van der Waals surface area contributed by atoms with Crippen LogP contribution in [-0.4, -0.2) is 24.1 Å². The van der Waals surface area contributed by atoms with Gasteiger partial charge in [0, 0.05) is 29.9 Å². The molecule has 3 rings (SSSR count). The molecule has 0 spiro atoms. The summed E-state index contributed by atoms with van der Waals surface area (Å²) < 4.78 is 0. The van der Waals surface area contributed by atoms with Crippen molar-refractivity contribution < 1.29 is 14.4 Å². The molecule has 1 unspecified atom stereocenters. The van der Waals surface area contributed by atoms with E-state index in [1.807, 2.05) is 24.3 Å². The first-order chi connectivity index (χ1) is 12.5. The Balaban J connectivity index is 1.66. The number of ketones is 1. The summed E-state index contributed by atoms with van der Waals surface area (Å²) in [7, 11) is 0. The first-order valence-electron chi connectivity index (χ1n) is 8.79. The second-order valence-corrected chi connectivity index (χ2v) is 6.55. The molecule has 1 aliphatic heterocycles. The van der Waals surface area contributed by atoms with Crippen molar-refractivity contribution in [2.45, 2.75) is 26.7 Å². The molecule has 0 bridgehead atoms. The summed E-state index contributed by atoms with van der Waals surface area (Å²) in [4.78, 5) is 37.8. The first-order valence-corrected chi connectivity index (χ1v) is 8.79. The Morgan fingerprint density at radius 3 is 2.31 bits per heavy atom. The predicted molar refractivity (Wildman–Crippen MR) is 101 cm³/mol. The average Bonchev–Trinajstić information content (AvgIpc) is 3.04. The fraction of sp³-hybridized carbons (Fsp3) is 0.286. The van der Waals surface area contributed by atoms with E-state index >= 15 is 0 Å². The van der Waals surface area contributed by atoms with Crippen LogP contribution in [0.1, 0.15) is 36.2 Å². The zero-order chi connectivity index (χ0) is 18.7. The van der Waals surface area contributed by atoms with Gasteiger partial charge in [-0.15, -0.1) is 0 Å². The monoisotopic (exact) mass is 350 g/mol. The number of anilines is 2. The third-order valence-corrected chi connectivity index (χ3v) is 4.71. The maximum absolute atomic E-state index is 12.5. The number of aryl methyl sites for hydroxylation is 1. The Labute approximate surface area is 153 Å². The van der Waals surface area contributed by atoms with Gasteiger partial charge < -0.3 is 10.2 Å². The second kappa shape index (κ2) is 7.52. The Kier molecular flexibility index (Phi) is 5.16. The second-order valence-electron chi connectivity index (χ2n) is 6.55. The molecule has 2 amide bonds. The summed E-state index contributed by atoms with van der Waals surface area (Å²) in [5, 5.41) is 2.89. The van der Waals surface area contributed by atoms with Crippen molar-refractivity contribution >= 4 is 29.0 Å². The van der Waals surface area contributed by atoms with Crippen molar-refractivity contribution in [2.75, 3.05) is 16.8 Å². The van der Waals surface area contributed by atoms with E-state index in [2.05, 4.69) is 12.2 Å². The van der Waals surface area contributed by atoms with Gasteiger partial charge in [-0.2, -0.15) is 0 Å². The van der Waals surface area contributed by atoms with Crippen LogP contribution in [0.25, 0.3) is 0 Å². The van der Waals surface area contributed by atoms with Gasteiger partial charge in [-0.05, 0) is 55.3 Å². The van der Waals surface area contributed by atoms with Crippen LogP contribution in [0.3, 0.4) is 0 Å². The van der Waals surface area contributed by atoms with Crippen LogP contribution in [0.15, 0.2) is 48.5 Å². The van der Waals surface area contributed by atoms with Gasteiger partial charge in [-0.3, -0.25) is 14.4 Å². The van der Waals surface area contributed by atoms with Gasteiger partial charge in [-0.1, -0.05) is 19.1 Å². The molecule has 2 aromatic carbocycles. The quantitative estimate of drug-likeness (QED) is 0.840. The maximum atomic E-state index is 12.5. The summed E-state index contributed by atoms with van der Waals surface area (Å²) in [6, 6.07) is 14.6. The molecule has 0 radical (unpaired) electrons. The predicted octanol–water partition coefficient (Wildman–Crippen LogP) is 3.44. The van der Waals surface area contributed by atoms with Crippen molar-refractivity contribution in [3.05, 3.63) is 59.7 Å². The van der Waals surface area contributed by atoms with Crippen LogP contribution < -0.4 is 10.2 Å². The number of nitrogens with one attached hydrogen (secondary N) is 1. The number of nitrogens with zero attached hydrogens (tertiary/aromatic N) is 1. The van der Waals surface area contributed by atoms with Crippen molar-refractivity contribution in [2.24, 2.45) is 5.92 Å². The fourth-order valence-corrected chi connectivity index (χ4v) is 3.08. The Morgan fingerprint density at radius 1 is 1.08 bits per heavy atom. The van der Waals surface area contributed by atoms with E-state index in [-0.39, 0.29) is 29.9 Å². The molecule has 2 aromatic rings. The van der Waals surface area contributed by atoms with E-state index in [1.54, 1.807) is 29.2 Å². The number of carbonyl (C=O) groups excluding carboxylic acids is 3. The van der Waals surface area contributed by atoms with Crippen LogP contribution in [0, 0.1) is 5.92 Å². The topological polar surface area (TPSA) is 66.5 Å². The van der Waals surface area contributed by atoms with Gasteiger partial charge in [0.25, 0.3) is 0 Å². The molecule has 134 valence electrons. The SMILES string of the molecule is CCc1ccc(NC(=O)C2CC(=O)N(c3ccc(C(C)=O)cc3)C2)cc1. The van der Waals surface area contributed by atoms with Crippen molar-refractivity contribution in [1.29, 1.82) is 0 Å². The molecule has 0 aromatic heterocycles. The molecule has 1 atom stereocenters. The highest BCUT2D eigenvalue weighted by Crippen LogP contribution is 2.26. The molecule has 1 heterocycles. The molecule has 5 heteroatoms. The Hall–Kier alpha value is -2.95. The molecular formula is C21H22N2O3. The number of hydrogen-bond acceptors (Lipinski definition) is 3. The largest absolute Gasteiger partial charge is 0.326 e. The van der Waals surface area contributed by atoms with E-state index in [1.165, 1.54) is 12.5 Å². The summed E-state index contributed by atoms with van der Waals surface area (Å²) in [5.74, 6) is -0.635. The zero-order valence-electron chi connectivity index (χ0n) is 15.0. The number of Topliss-reactive ketones (excluding diaryl/α,β-unsaturated/α-hetero) is 1. The lowest BCUT2D eigenvalue weighted by Gasteiger charge is -2.17. The van der Waals surface area contributed by atoms with Gasteiger partial charge in [-0.25, -0.2) is 0 Å². The van der Waals surface area contributed by atoms with Crippen LogP contribution in [-0.2, 0) is 16.0 Å². The number of amides is 2. The molecule has 0 saturated carbocycles. The van der Waals surface area contributed by atoms with Crippen LogP contribution in [0.4, 0.5) is 11.4 Å². The summed E-state index contributed by atoms with van der Waals surface area (Å²) in [5.41, 5.74) is 3.26. The lowest BCUT2D eigenvalue weighted by Crippen LogP contribution is -2.28. The molecular weight excluding hydrogens is 328 g/mol. The third-order valence-electron chi connectivity index (χ3n) is 4.71. The molecule has 1 N–H and O–H groups in total. The summed E-state index contributed by atoms with van der Waals surface area (Å²) >= 11 is 0. The number of carbonyl (C=O) groups is 3. The first kappa shape index (κ1) is 17.9. The highest BCUT2D eigenvalue weighted by atomic mass is 16.2. The van der Waals surface area contributed by atoms with Gasteiger partial charge >= 0.3 is 0 Å². The van der Waals surface area contributed by atoms with Crippen LogP contribution in [0.5, 0.6) is 0 Å². The average molecular weight is 350 g/mol. The molecule has 0 aliphatic carbocycles. The lowest BCUT2D eigenvalue weighted by atomic mass is 10.1. The van der Waals surface area contributed by atoms with E-state index in [9.17, 15) is 14.4 Å². The van der Waals surface area contributed by atoms with Crippen molar-refractivity contribution in [1.82, 2.24) is 0 Å². The fourth-order valence-electron chi connectivity index (χ4n) is 3.08. The van der Waals surface area contributed by atoms with Gasteiger partial charge in [0.1, 0.15) is 0 Å². The summed E-state index contributed by atoms with van der Waals surface area (Å²) in [6.45, 7) is 3.93. The molecule has 1 aliphatic rings. The molecule has 26 heavy (non-hydrogen) atoms. The zero-order valence-corrected chi connectivity index (χ0v) is 15.0. The lowest BCUT2D eigenvalue weighted by molar-refractivity contribution is -0.122. The number of benzene rings is 2. The molecule has 1 fully saturated rings. The minimum Gasteiger partial charge on any atom is -0.326 e. The van der Waals surface area contributed by atoms with E-state index in [0.29, 0.717) is 17.8 Å². The van der Waals surface area contributed by atoms with Crippen molar-refractivity contribution in [3.63, 3.8) is 0 Å². The number of hydrogen-bond donors (Lipinski definition) is 1. The third kappa shape index (κ3) is 3.82. The highest BCUT2D eigenvalue weighted by molar-refractivity contribution is 6.03. The smallest absolute Gasteiger partial charge is 0.229 e. The molecule has 5 nitrogen and oxygen atoms in total. The maximum Gasteiger partial charge on any atom is 0.229 e. The molecule has 1 saturated heterocycles. The van der Waals surface area contributed by atoms with Gasteiger partial charge in [0.05, 0.1) is 5.92 Å². The van der Waals surface area contributed by atoms with Gasteiger partial charge in [0.15, 0.2) is 5.78 Å². The standard InChI is InChI=1S/C21H22N2O3/c1-3-15-4-8-18(9-5-15)22-21(26)17-12-20(25)23(13-17)19-10-6-16(7-11-19)14(2)24/h4-11,17H,3,12-13H2,1-2H3,(H,22,26). The highest BCUT2D eigenvalue weighted by Gasteiger charge is 2.35. The van der Waals surface area contributed by atoms with Crippen LogP contribution >= 0.6 is 0 Å². The Bertz CT molecular complexity index is 825. The van der Waals surface area contributed by atoms with E-state index in [4.69, 9.17) is 0 Å². The van der Waals surface area contributed by atoms with Crippen LogP contribution in [0.2, 0.25) is 0 Å². The van der Waals surface area contributed by atoms with E-state index < -0.39 is 0 Å². The number of rotatable bonds is 5. The van der Waals surface area contributed by atoms with Crippen molar-refractivity contribution in [3.8, 4) is 0 Å².